The quantitative estimate of drug-likeness (QED) is 0.762. The van der Waals surface area contributed by atoms with Gasteiger partial charge in [0.15, 0.2) is 0 Å². The third-order valence-corrected chi connectivity index (χ3v) is 4.49. The summed E-state index contributed by atoms with van der Waals surface area (Å²) < 4.78 is 0.879. The summed E-state index contributed by atoms with van der Waals surface area (Å²) in [4.78, 5) is 12.3. The predicted molar refractivity (Wildman–Crippen MR) is 83.4 cm³/mol. The summed E-state index contributed by atoms with van der Waals surface area (Å²) in [6, 6.07) is 5.94. The lowest BCUT2D eigenvalue weighted by Gasteiger charge is -2.22. The molecule has 1 aromatic rings. The molecule has 0 aliphatic heterocycles. The van der Waals surface area contributed by atoms with Crippen LogP contribution in [-0.2, 0) is 0 Å². The van der Waals surface area contributed by atoms with Crippen molar-refractivity contribution in [3.63, 3.8) is 0 Å². The van der Waals surface area contributed by atoms with E-state index >= 15 is 0 Å². The summed E-state index contributed by atoms with van der Waals surface area (Å²) in [5.41, 5.74) is 1.78. The van der Waals surface area contributed by atoms with Crippen molar-refractivity contribution in [2.75, 3.05) is 5.33 Å². The number of benzene rings is 1. The van der Waals surface area contributed by atoms with Crippen LogP contribution in [0.3, 0.4) is 0 Å². The number of carbonyl (C=O) groups is 1. The summed E-state index contributed by atoms with van der Waals surface area (Å²) in [6.07, 6.45) is 0.937. The highest BCUT2D eigenvalue weighted by Gasteiger charge is 2.18. The molecule has 0 aliphatic carbocycles. The standard InChI is InChI=1S/C14H19Br2NO/c1-9(2)12(7-8-15)17-14(18)11-6-4-5-10(3)13(11)16/h4-6,9,12H,7-8H2,1-3H3,(H,17,18). The van der Waals surface area contributed by atoms with Crippen molar-refractivity contribution in [1.29, 1.82) is 0 Å². The largest absolute Gasteiger partial charge is 0.349 e. The first-order chi connectivity index (χ1) is 8.47. The molecule has 0 saturated carbocycles. The molecule has 18 heavy (non-hydrogen) atoms. The first-order valence-electron chi connectivity index (χ1n) is 6.09. The minimum Gasteiger partial charge on any atom is -0.349 e. The third kappa shape index (κ3) is 4.09. The zero-order valence-electron chi connectivity index (χ0n) is 11.0. The van der Waals surface area contributed by atoms with Gasteiger partial charge in [-0.15, -0.1) is 0 Å². The average Bonchev–Trinajstić information content (AvgIpc) is 2.31. The zero-order chi connectivity index (χ0) is 13.7. The van der Waals surface area contributed by atoms with Gasteiger partial charge in [0.1, 0.15) is 0 Å². The molecule has 1 atom stereocenters. The van der Waals surface area contributed by atoms with Crippen LogP contribution in [0.1, 0.15) is 36.2 Å². The Labute approximate surface area is 126 Å². The number of carbonyl (C=O) groups excluding carboxylic acids is 1. The molecule has 1 aromatic carbocycles. The van der Waals surface area contributed by atoms with Gasteiger partial charge in [0.2, 0.25) is 0 Å². The summed E-state index contributed by atoms with van der Waals surface area (Å²) in [6.45, 7) is 6.23. The first kappa shape index (κ1) is 15.7. The molecular weight excluding hydrogens is 358 g/mol. The number of nitrogens with one attached hydrogen (secondary N) is 1. The Hall–Kier alpha value is -0.350. The van der Waals surface area contributed by atoms with Gasteiger partial charge in [-0.1, -0.05) is 41.9 Å². The monoisotopic (exact) mass is 375 g/mol. The Morgan fingerprint density at radius 1 is 1.39 bits per heavy atom. The number of halogens is 2. The molecule has 0 heterocycles. The number of aryl methyl sites for hydroxylation is 1. The molecule has 2 nitrogen and oxygen atoms in total. The lowest BCUT2D eigenvalue weighted by molar-refractivity contribution is 0.0924. The van der Waals surface area contributed by atoms with E-state index in [1.807, 2.05) is 25.1 Å². The highest BCUT2D eigenvalue weighted by molar-refractivity contribution is 9.10. The van der Waals surface area contributed by atoms with E-state index in [0.29, 0.717) is 11.5 Å². The van der Waals surface area contributed by atoms with Crippen LogP contribution in [0.15, 0.2) is 22.7 Å². The van der Waals surface area contributed by atoms with Crippen molar-refractivity contribution >= 4 is 37.8 Å². The maximum Gasteiger partial charge on any atom is 0.252 e. The molecule has 0 saturated heterocycles. The van der Waals surface area contributed by atoms with E-state index in [1.54, 1.807) is 0 Å². The minimum absolute atomic E-state index is 0.00905. The molecule has 1 amide bonds. The van der Waals surface area contributed by atoms with E-state index in [4.69, 9.17) is 0 Å². The van der Waals surface area contributed by atoms with Gasteiger partial charge in [0.05, 0.1) is 5.56 Å². The fourth-order valence-electron chi connectivity index (χ4n) is 1.76. The Kier molecular flexibility index (Phi) is 6.36. The maximum absolute atomic E-state index is 12.3. The summed E-state index contributed by atoms with van der Waals surface area (Å²) in [5, 5.41) is 4.00. The highest BCUT2D eigenvalue weighted by Crippen LogP contribution is 2.21. The van der Waals surface area contributed by atoms with E-state index in [-0.39, 0.29) is 11.9 Å². The van der Waals surface area contributed by atoms with Crippen LogP contribution in [0, 0.1) is 12.8 Å². The van der Waals surface area contributed by atoms with Gasteiger partial charge in [-0.05, 0) is 46.8 Å². The second-order valence-electron chi connectivity index (χ2n) is 4.74. The van der Waals surface area contributed by atoms with Gasteiger partial charge in [-0.3, -0.25) is 4.79 Å². The highest BCUT2D eigenvalue weighted by atomic mass is 79.9. The molecule has 1 N–H and O–H groups in total. The normalized spacial score (nSPS) is 12.6. The number of amides is 1. The second kappa shape index (κ2) is 7.29. The predicted octanol–water partition coefficient (Wildman–Crippen LogP) is 4.30. The van der Waals surface area contributed by atoms with Crippen molar-refractivity contribution in [1.82, 2.24) is 5.32 Å². The van der Waals surface area contributed by atoms with Crippen LogP contribution in [-0.4, -0.2) is 17.3 Å². The van der Waals surface area contributed by atoms with Gasteiger partial charge in [-0.25, -0.2) is 0 Å². The van der Waals surface area contributed by atoms with Gasteiger partial charge in [0, 0.05) is 15.8 Å². The van der Waals surface area contributed by atoms with Crippen molar-refractivity contribution < 1.29 is 4.79 Å². The summed E-state index contributed by atoms with van der Waals surface area (Å²) in [5.74, 6) is 0.417. The Morgan fingerprint density at radius 2 is 2.06 bits per heavy atom. The van der Waals surface area contributed by atoms with E-state index < -0.39 is 0 Å². The summed E-state index contributed by atoms with van der Waals surface area (Å²) in [7, 11) is 0. The van der Waals surface area contributed by atoms with Crippen molar-refractivity contribution in [2.24, 2.45) is 5.92 Å². The lowest BCUT2D eigenvalue weighted by Crippen LogP contribution is -2.39. The van der Waals surface area contributed by atoms with Crippen LogP contribution in [0.2, 0.25) is 0 Å². The lowest BCUT2D eigenvalue weighted by atomic mass is 10.0. The van der Waals surface area contributed by atoms with Gasteiger partial charge < -0.3 is 5.32 Å². The zero-order valence-corrected chi connectivity index (χ0v) is 14.1. The van der Waals surface area contributed by atoms with Crippen LogP contribution >= 0.6 is 31.9 Å². The second-order valence-corrected chi connectivity index (χ2v) is 6.32. The molecule has 0 fully saturated rings. The van der Waals surface area contributed by atoms with E-state index in [2.05, 4.69) is 51.0 Å². The molecule has 1 rings (SSSR count). The smallest absolute Gasteiger partial charge is 0.252 e. The van der Waals surface area contributed by atoms with Crippen molar-refractivity contribution in [2.45, 2.75) is 33.2 Å². The Morgan fingerprint density at radius 3 is 2.61 bits per heavy atom. The third-order valence-electron chi connectivity index (χ3n) is 2.98. The Balaban J connectivity index is 2.84. The van der Waals surface area contributed by atoms with E-state index in [9.17, 15) is 4.79 Å². The van der Waals surface area contributed by atoms with Gasteiger partial charge in [0.25, 0.3) is 5.91 Å². The number of hydrogen-bond donors (Lipinski definition) is 1. The molecule has 100 valence electrons. The SMILES string of the molecule is Cc1cccc(C(=O)NC(CCBr)C(C)C)c1Br. The average molecular weight is 377 g/mol. The molecular formula is C14H19Br2NO. The fourth-order valence-corrected chi connectivity index (χ4v) is 2.70. The molecule has 0 bridgehead atoms. The molecule has 1 unspecified atom stereocenters. The van der Waals surface area contributed by atoms with Gasteiger partial charge in [-0.2, -0.15) is 0 Å². The molecule has 0 radical (unpaired) electrons. The van der Waals surface area contributed by atoms with Crippen LogP contribution < -0.4 is 5.32 Å². The number of hydrogen-bond acceptors (Lipinski definition) is 1. The topological polar surface area (TPSA) is 29.1 Å². The molecule has 0 spiro atoms. The van der Waals surface area contributed by atoms with E-state index in [0.717, 1.165) is 21.8 Å². The maximum atomic E-state index is 12.3. The number of rotatable bonds is 5. The molecule has 0 aliphatic rings. The summed E-state index contributed by atoms with van der Waals surface area (Å²) >= 11 is 6.91. The molecule has 0 aromatic heterocycles. The first-order valence-corrected chi connectivity index (χ1v) is 8.00. The van der Waals surface area contributed by atoms with Crippen molar-refractivity contribution in [3.05, 3.63) is 33.8 Å². The Bertz CT molecular complexity index is 418. The fraction of sp³-hybridized carbons (Fsp3) is 0.500. The molecule has 4 heteroatoms. The van der Waals surface area contributed by atoms with Crippen LogP contribution in [0.25, 0.3) is 0 Å². The van der Waals surface area contributed by atoms with Crippen molar-refractivity contribution in [3.8, 4) is 0 Å². The van der Waals surface area contributed by atoms with E-state index in [1.165, 1.54) is 0 Å². The van der Waals surface area contributed by atoms with Crippen LogP contribution in [0.4, 0.5) is 0 Å². The minimum atomic E-state index is -0.00905. The number of alkyl halides is 1. The van der Waals surface area contributed by atoms with Crippen LogP contribution in [0.5, 0.6) is 0 Å². The van der Waals surface area contributed by atoms with Gasteiger partial charge >= 0.3 is 0 Å².